The summed E-state index contributed by atoms with van der Waals surface area (Å²) in [6.45, 7) is 15.0. The van der Waals surface area contributed by atoms with Crippen LogP contribution in [0.3, 0.4) is 0 Å². The van der Waals surface area contributed by atoms with E-state index in [1.807, 2.05) is 30.3 Å². The third-order valence-corrected chi connectivity index (χ3v) is 4.26. The maximum absolute atomic E-state index is 13.1. The monoisotopic (exact) mass is 519 g/mol. The van der Waals surface area contributed by atoms with Crippen molar-refractivity contribution in [2.75, 3.05) is 0 Å². The number of hydrogen-bond donors (Lipinski definition) is 0. The van der Waals surface area contributed by atoms with E-state index >= 15 is 0 Å². The number of carbonyl (C=O) groups is 4. The Kier molecular flexibility index (Phi) is 11.4. The van der Waals surface area contributed by atoms with Gasteiger partial charge < -0.3 is 18.9 Å². The Labute approximate surface area is 220 Å². The molecule has 0 saturated heterocycles. The van der Waals surface area contributed by atoms with Gasteiger partial charge in [-0.25, -0.2) is 19.2 Å². The normalized spacial score (nSPS) is 13.0. The van der Waals surface area contributed by atoms with E-state index in [4.69, 9.17) is 18.9 Å². The molecular weight excluding hydrogens is 478 g/mol. The van der Waals surface area contributed by atoms with Crippen LogP contribution in [0.15, 0.2) is 42.5 Å². The van der Waals surface area contributed by atoms with Gasteiger partial charge in [0.25, 0.3) is 0 Å². The van der Waals surface area contributed by atoms with Crippen LogP contribution in [0.1, 0.15) is 80.7 Å². The summed E-state index contributed by atoms with van der Waals surface area (Å²) in [6, 6.07) is 7.88. The molecule has 0 aliphatic rings. The van der Waals surface area contributed by atoms with Gasteiger partial charge in [-0.3, -0.25) is 0 Å². The van der Waals surface area contributed by atoms with Crippen LogP contribution in [0.5, 0.6) is 0 Å². The molecule has 0 N–H and O–H groups in total. The van der Waals surface area contributed by atoms with E-state index in [1.54, 1.807) is 62.3 Å². The molecular formula is C28H41NO8. The average molecular weight is 520 g/mol. The molecule has 0 bridgehead atoms. The Bertz CT molecular complexity index is 921. The van der Waals surface area contributed by atoms with Crippen LogP contribution in [0, 0.1) is 0 Å². The fourth-order valence-corrected chi connectivity index (χ4v) is 2.88. The summed E-state index contributed by atoms with van der Waals surface area (Å²) in [7, 11) is 0. The first-order valence-corrected chi connectivity index (χ1v) is 12.2. The Morgan fingerprint density at radius 2 is 1.27 bits per heavy atom. The minimum absolute atomic E-state index is 0.0319. The van der Waals surface area contributed by atoms with Gasteiger partial charge >= 0.3 is 24.1 Å². The molecule has 9 heteroatoms. The van der Waals surface area contributed by atoms with Gasteiger partial charge in [0, 0.05) is 6.08 Å². The fourth-order valence-electron chi connectivity index (χ4n) is 2.88. The van der Waals surface area contributed by atoms with Gasteiger partial charge in [-0.2, -0.15) is 4.90 Å². The zero-order valence-corrected chi connectivity index (χ0v) is 23.5. The first-order valence-electron chi connectivity index (χ1n) is 12.2. The number of esters is 2. The van der Waals surface area contributed by atoms with Gasteiger partial charge in [-0.05, 0) is 80.7 Å². The second kappa shape index (κ2) is 13.3. The predicted molar refractivity (Wildman–Crippen MR) is 139 cm³/mol. The number of ether oxygens (including phenoxy) is 4. The molecule has 0 fully saturated rings. The number of rotatable bonds is 8. The lowest BCUT2D eigenvalue weighted by Gasteiger charge is -2.33. The van der Waals surface area contributed by atoms with Crippen LogP contribution in [0.25, 0.3) is 0 Å². The second-order valence-corrected chi connectivity index (χ2v) is 11.5. The fraction of sp³-hybridized carbons (Fsp3) is 0.571. The van der Waals surface area contributed by atoms with E-state index < -0.39 is 47.0 Å². The summed E-state index contributed by atoms with van der Waals surface area (Å²) in [4.78, 5) is 52.0. The van der Waals surface area contributed by atoms with Crippen molar-refractivity contribution in [3.05, 3.63) is 48.0 Å². The SMILES string of the molecule is CC(C)(C)OC(=O)[C@H](CC/C=C/C(=O)OCc1ccccc1)N(C(=O)OC(C)(C)C)C(=O)OC(C)(C)C. The van der Waals surface area contributed by atoms with E-state index in [1.165, 1.54) is 12.2 Å². The lowest BCUT2D eigenvalue weighted by molar-refractivity contribution is -0.161. The molecule has 0 aromatic heterocycles. The van der Waals surface area contributed by atoms with Crippen LogP contribution in [0.4, 0.5) is 9.59 Å². The van der Waals surface area contributed by atoms with Gasteiger partial charge in [0.2, 0.25) is 0 Å². The summed E-state index contributed by atoms with van der Waals surface area (Å²) in [5.41, 5.74) is -1.89. The van der Waals surface area contributed by atoms with Crippen molar-refractivity contribution >= 4 is 24.1 Å². The number of allylic oxidation sites excluding steroid dienone is 1. The first kappa shape index (κ1) is 31.7. The predicted octanol–water partition coefficient (Wildman–Crippen LogP) is 5.95. The zero-order chi connectivity index (χ0) is 28.4. The molecule has 0 heterocycles. The molecule has 0 spiro atoms. The Morgan fingerprint density at radius 1 is 0.784 bits per heavy atom. The lowest BCUT2D eigenvalue weighted by Crippen LogP contribution is -2.53. The summed E-state index contributed by atoms with van der Waals surface area (Å²) in [5.74, 6) is -1.36. The quantitative estimate of drug-likeness (QED) is 0.236. The highest BCUT2D eigenvalue weighted by Gasteiger charge is 2.41. The molecule has 37 heavy (non-hydrogen) atoms. The highest BCUT2D eigenvalue weighted by molar-refractivity contribution is 5.94. The van der Waals surface area contributed by atoms with Crippen molar-refractivity contribution in [3.63, 3.8) is 0 Å². The first-order chi connectivity index (χ1) is 16.9. The highest BCUT2D eigenvalue weighted by Crippen LogP contribution is 2.22. The molecule has 0 saturated carbocycles. The van der Waals surface area contributed by atoms with Crippen molar-refractivity contribution in [1.29, 1.82) is 0 Å². The molecule has 0 aliphatic heterocycles. The van der Waals surface area contributed by atoms with Crippen LogP contribution >= 0.6 is 0 Å². The van der Waals surface area contributed by atoms with Gasteiger partial charge in [0.05, 0.1) is 0 Å². The summed E-state index contributed by atoms with van der Waals surface area (Å²) in [5, 5.41) is 0. The minimum atomic E-state index is -1.35. The van der Waals surface area contributed by atoms with Crippen molar-refractivity contribution in [2.24, 2.45) is 0 Å². The van der Waals surface area contributed by atoms with Crippen molar-refractivity contribution in [3.8, 4) is 0 Å². The van der Waals surface area contributed by atoms with Gasteiger partial charge in [0.15, 0.2) is 0 Å². The standard InChI is InChI=1S/C28H41NO8/c1-26(2,3)35-23(31)21(17-13-14-18-22(30)34-19-20-15-11-10-12-16-20)29(24(32)36-27(4,5)6)25(33)37-28(7,8)9/h10-12,14-16,18,21H,13,17,19H2,1-9H3/b18-14+/t21-/m0/s1. The topological polar surface area (TPSA) is 108 Å². The van der Waals surface area contributed by atoms with Crippen LogP contribution < -0.4 is 0 Å². The number of amides is 2. The number of carbonyl (C=O) groups excluding carboxylic acids is 4. The van der Waals surface area contributed by atoms with Gasteiger partial charge in [0.1, 0.15) is 29.5 Å². The smallest absolute Gasteiger partial charge is 0.420 e. The molecule has 9 nitrogen and oxygen atoms in total. The second-order valence-electron chi connectivity index (χ2n) is 11.5. The summed E-state index contributed by atoms with van der Waals surface area (Å²) < 4.78 is 21.5. The molecule has 1 atom stereocenters. The van der Waals surface area contributed by atoms with E-state index in [0.717, 1.165) is 5.56 Å². The Hall–Kier alpha value is -3.36. The van der Waals surface area contributed by atoms with E-state index in [0.29, 0.717) is 4.90 Å². The molecule has 1 aromatic rings. The molecule has 2 amide bonds. The van der Waals surface area contributed by atoms with Gasteiger partial charge in [-0.15, -0.1) is 0 Å². The third kappa shape index (κ3) is 13.5. The lowest BCUT2D eigenvalue weighted by atomic mass is 10.1. The van der Waals surface area contributed by atoms with Crippen molar-refractivity contribution in [2.45, 2.75) is 105 Å². The van der Waals surface area contributed by atoms with Crippen LogP contribution in [0.2, 0.25) is 0 Å². The highest BCUT2D eigenvalue weighted by atomic mass is 16.6. The molecule has 206 valence electrons. The third-order valence-electron chi connectivity index (χ3n) is 4.26. The molecule has 1 aromatic carbocycles. The van der Waals surface area contributed by atoms with E-state index in [-0.39, 0.29) is 19.4 Å². The van der Waals surface area contributed by atoms with Crippen molar-refractivity contribution < 1.29 is 38.1 Å². The molecule has 0 radical (unpaired) electrons. The molecule has 1 rings (SSSR count). The van der Waals surface area contributed by atoms with Crippen LogP contribution in [-0.2, 0) is 35.1 Å². The number of nitrogens with zero attached hydrogens (tertiary/aromatic N) is 1. The zero-order valence-electron chi connectivity index (χ0n) is 23.5. The largest absolute Gasteiger partial charge is 0.458 e. The Morgan fingerprint density at radius 3 is 1.73 bits per heavy atom. The summed E-state index contributed by atoms with van der Waals surface area (Å²) in [6.07, 6.45) is 0.795. The molecule has 0 aliphatic carbocycles. The Balaban J connectivity index is 3.09. The van der Waals surface area contributed by atoms with E-state index in [9.17, 15) is 19.2 Å². The summed E-state index contributed by atoms with van der Waals surface area (Å²) >= 11 is 0. The van der Waals surface area contributed by atoms with Crippen LogP contribution in [-0.4, -0.2) is 51.9 Å². The maximum Gasteiger partial charge on any atom is 0.420 e. The number of benzene rings is 1. The van der Waals surface area contributed by atoms with Crippen molar-refractivity contribution in [1.82, 2.24) is 4.90 Å². The number of imide groups is 1. The molecule has 0 unspecified atom stereocenters. The minimum Gasteiger partial charge on any atom is -0.458 e. The average Bonchev–Trinajstić information content (AvgIpc) is 2.71. The number of hydrogen-bond acceptors (Lipinski definition) is 8. The van der Waals surface area contributed by atoms with Gasteiger partial charge in [-0.1, -0.05) is 36.4 Å². The van der Waals surface area contributed by atoms with E-state index in [2.05, 4.69) is 0 Å². The maximum atomic E-state index is 13.1.